The summed E-state index contributed by atoms with van der Waals surface area (Å²) < 4.78 is 10.7. The number of aryl methyl sites for hydroxylation is 1. The van der Waals surface area contributed by atoms with Crippen LogP contribution in [0.1, 0.15) is 5.56 Å². The van der Waals surface area contributed by atoms with Crippen LogP contribution in [0.2, 0.25) is 0 Å². The van der Waals surface area contributed by atoms with E-state index in [1.165, 1.54) is 0 Å². The highest BCUT2D eigenvalue weighted by Crippen LogP contribution is 2.22. The average molecular weight is 300 g/mol. The number of rotatable bonds is 6. The first kappa shape index (κ1) is 15.7. The van der Waals surface area contributed by atoms with E-state index in [0.29, 0.717) is 24.6 Å². The Kier molecular flexibility index (Phi) is 5.65. The SMILES string of the molecule is COc1ccccc1NC(=O)NCCOc1cccc(C)c1. The molecule has 0 atom stereocenters. The van der Waals surface area contributed by atoms with Gasteiger partial charge in [-0.2, -0.15) is 0 Å². The topological polar surface area (TPSA) is 59.6 Å². The van der Waals surface area contributed by atoms with E-state index in [0.717, 1.165) is 11.3 Å². The standard InChI is InChI=1S/C17H20N2O3/c1-13-6-5-7-14(12-13)22-11-10-18-17(20)19-15-8-3-4-9-16(15)21-2/h3-9,12H,10-11H2,1-2H3,(H2,18,19,20). The highest BCUT2D eigenvalue weighted by molar-refractivity contribution is 5.90. The van der Waals surface area contributed by atoms with E-state index in [1.807, 2.05) is 43.3 Å². The number of hydrogen-bond acceptors (Lipinski definition) is 3. The van der Waals surface area contributed by atoms with Crippen LogP contribution < -0.4 is 20.1 Å². The zero-order chi connectivity index (χ0) is 15.8. The first-order valence-electron chi connectivity index (χ1n) is 7.06. The predicted molar refractivity (Wildman–Crippen MR) is 86.7 cm³/mol. The summed E-state index contributed by atoms with van der Waals surface area (Å²) in [6.07, 6.45) is 0. The number of carbonyl (C=O) groups is 1. The Balaban J connectivity index is 1.74. The third-order valence-electron chi connectivity index (χ3n) is 3.00. The highest BCUT2D eigenvalue weighted by Gasteiger charge is 2.05. The van der Waals surface area contributed by atoms with Gasteiger partial charge in [-0.25, -0.2) is 4.79 Å². The molecule has 0 aliphatic rings. The first-order valence-corrected chi connectivity index (χ1v) is 7.06. The molecule has 5 heteroatoms. The van der Waals surface area contributed by atoms with Crippen LogP contribution in [0.3, 0.4) is 0 Å². The maximum absolute atomic E-state index is 11.8. The summed E-state index contributed by atoms with van der Waals surface area (Å²) in [5.74, 6) is 1.42. The van der Waals surface area contributed by atoms with Gasteiger partial charge in [0, 0.05) is 0 Å². The van der Waals surface area contributed by atoms with Crippen LogP contribution >= 0.6 is 0 Å². The third kappa shape index (κ3) is 4.70. The van der Waals surface area contributed by atoms with Crippen molar-refractivity contribution in [3.05, 3.63) is 54.1 Å². The Morgan fingerprint density at radius 2 is 1.95 bits per heavy atom. The smallest absolute Gasteiger partial charge is 0.319 e. The van der Waals surface area contributed by atoms with Crippen molar-refractivity contribution >= 4 is 11.7 Å². The lowest BCUT2D eigenvalue weighted by Gasteiger charge is -2.11. The van der Waals surface area contributed by atoms with Crippen LogP contribution in [0, 0.1) is 6.92 Å². The monoisotopic (exact) mass is 300 g/mol. The van der Waals surface area contributed by atoms with Gasteiger partial charge in [0.25, 0.3) is 0 Å². The molecule has 2 aromatic carbocycles. The number of methoxy groups -OCH3 is 1. The van der Waals surface area contributed by atoms with Gasteiger partial charge in [0.15, 0.2) is 0 Å². The number of benzene rings is 2. The Labute approximate surface area is 130 Å². The van der Waals surface area contributed by atoms with Crippen molar-refractivity contribution in [2.75, 3.05) is 25.6 Å². The lowest BCUT2D eigenvalue weighted by molar-refractivity contribution is 0.247. The molecule has 0 saturated carbocycles. The number of ether oxygens (including phenoxy) is 2. The van der Waals surface area contributed by atoms with Gasteiger partial charge in [-0.15, -0.1) is 0 Å². The molecule has 0 aliphatic carbocycles. The van der Waals surface area contributed by atoms with Gasteiger partial charge in [-0.05, 0) is 36.8 Å². The number of anilines is 1. The van der Waals surface area contributed by atoms with Gasteiger partial charge in [0.05, 0.1) is 19.3 Å². The van der Waals surface area contributed by atoms with Crippen LogP contribution in [-0.2, 0) is 0 Å². The van der Waals surface area contributed by atoms with Crippen molar-refractivity contribution in [1.29, 1.82) is 0 Å². The summed E-state index contributed by atoms with van der Waals surface area (Å²) in [4.78, 5) is 11.8. The normalized spacial score (nSPS) is 9.91. The first-order chi connectivity index (χ1) is 10.7. The summed E-state index contributed by atoms with van der Waals surface area (Å²) in [7, 11) is 1.56. The number of amides is 2. The molecule has 2 amide bonds. The number of hydrogen-bond donors (Lipinski definition) is 2. The van der Waals surface area contributed by atoms with Crippen LogP contribution in [-0.4, -0.2) is 26.3 Å². The molecule has 0 radical (unpaired) electrons. The van der Waals surface area contributed by atoms with Crippen molar-refractivity contribution in [3.8, 4) is 11.5 Å². The highest BCUT2D eigenvalue weighted by atomic mass is 16.5. The van der Waals surface area contributed by atoms with Crippen LogP contribution in [0.5, 0.6) is 11.5 Å². The van der Waals surface area contributed by atoms with Crippen molar-refractivity contribution in [2.45, 2.75) is 6.92 Å². The molecule has 5 nitrogen and oxygen atoms in total. The lowest BCUT2D eigenvalue weighted by Crippen LogP contribution is -2.32. The van der Waals surface area contributed by atoms with Crippen molar-refractivity contribution < 1.29 is 14.3 Å². The lowest BCUT2D eigenvalue weighted by atomic mass is 10.2. The minimum Gasteiger partial charge on any atom is -0.495 e. The maximum atomic E-state index is 11.8. The second kappa shape index (κ2) is 7.93. The number of nitrogens with one attached hydrogen (secondary N) is 2. The molecule has 22 heavy (non-hydrogen) atoms. The van der Waals surface area contributed by atoms with Crippen molar-refractivity contribution in [3.63, 3.8) is 0 Å². The molecule has 116 valence electrons. The Morgan fingerprint density at radius 1 is 1.14 bits per heavy atom. The molecule has 0 saturated heterocycles. The summed E-state index contributed by atoms with van der Waals surface area (Å²) in [5.41, 5.74) is 1.77. The molecule has 0 fully saturated rings. The fraction of sp³-hybridized carbons (Fsp3) is 0.235. The summed E-state index contributed by atoms with van der Waals surface area (Å²) in [5, 5.41) is 5.48. The van der Waals surface area contributed by atoms with E-state index in [9.17, 15) is 4.79 Å². The quantitative estimate of drug-likeness (QED) is 0.805. The molecule has 2 aromatic rings. The van der Waals surface area contributed by atoms with Gasteiger partial charge in [-0.3, -0.25) is 0 Å². The van der Waals surface area contributed by atoms with E-state index in [2.05, 4.69) is 10.6 Å². The van der Waals surface area contributed by atoms with E-state index in [-0.39, 0.29) is 6.03 Å². The van der Waals surface area contributed by atoms with Gasteiger partial charge in [-0.1, -0.05) is 24.3 Å². The van der Waals surface area contributed by atoms with E-state index < -0.39 is 0 Å². The van der Waals surface area contributed by atoms with Gasteiger partial charge < -0.3 is 20.1 Å². The van der Waals surface area contributed by atoms with Gasteiger partial charge >= 0.3 is 6.03 Å². The fourth-order valence-corrected chi connectivity index (χ4v) is 1.95. The minimum atomic E-state index is -0.294. The molecular formula is C17H20N2O3. The molecule has 2 N–H and O–H groups in total. The van der Waals surface area contributed by atoms with E-state index >= 15 is 0 Å². The third-order valence-corrected chi connectivity index (χ3v) is 3.00. The minimum absolute atomic E-state index is 0.294. The number of carbonyl (C=O) groups excluding carboxylic acids is 1. The van der Waals surface area contributed by atoms with Gasteiger partial charge in [0.2, 0.25) is 0 Å². The van der Waals surface area contributed by atoms with Crippen LogP contribution in [0.25, 0.3) is 0 Å². The molecule has 2 rings (SSSR count). The van der Waals surface area contributed by atoms with Crippen LogP contribution in [0.4, 0.5) is 10.5 Å². The van der Waals surface area contributed by atoms with Crippen LogP contribution in [0.15, 0.2) is 48.5 Å². The Hall–Kier alpha value is -2.69. The average Bonchev–Trinajstić information content (AvgIpc) is 2.52. The maximum Gasteiger partial charge on any atom is 0.319 e. The summed E-state index contributed by atoms with van der Waals surface area (Å²) in [6.45, 7) is 2.82. The summed E-state index contributed by atoms with van der Waals surface area (Å²) in [6, 6.07) is 14.7. The van der Waals surface area contributed by atoms with Gasteiger partial charge in [0.1, 0.15) is 18.1 Å². The Bertz CT molecular complexity index is 629. The zero-order valence-electron chi connectivity index (χ0n) is 12.8. The second-order valence-electron chi connectivity index (χ2n) is 4.75. The molecule has 0 spiro atoms. The predicted octanol–water partition coefficient (Wildman–Crippen LogP) is 3.20. The Morgan fingerprint density at radius 3 is 2.73 bits per heavy atom. The zero-order valence-corrected chi connectivity index (χ0v) is 12.8. The second-order valence-corrected chi connectivity index (χ2v) is 4.75. The van der Waals surface area contributed by atoms with Crippen molar-refractivity contribution in [1.82, 2.24) is 5.32 Å². The number of urea groups is 1. The molecule has 0 aliphatic heterocycles. The molecule has 0 unspecified atom stereocenters. The molecular weight excluding hydrogens is 280 g/mol. The van der Waals surface area contributed by atoms with E-state index in [1.54, 1.807) is 19.2 Å². The van der Waals surface area contributed by atoms with Crippen molar-refractivity contribution in [2.24, 2.45) is 0 Å². The largest absolute Gasteiger partial charge is 0.495 e. The summed E-state index contributed by atoms with van der Waals surface area (Å²) >= 11 is 0. The molecule has 0 bridgehead atoms. The molecule has 0 heterocycles. The number of para-hydroxylation sites is 2. The molecule has 0 aromatic heterocycles. The van der Waals surface area contributed by atoms with E-state index in [4.69, 9.17) is 9.47 Å². The fourth-order valence-electron chi connectivity index (χ4n) is 1.95.